The van der Waals surface area contributed by atoms with Gasteiger partial charge in [0.15, 0.2) is 0 Å². The fourth-order valence-corrected chi connectivity index (χ4v) is 4.10. The van der Waals surface area contributed by atoms with Crippen molar-refractivity contribution in [2.45, 2.75) is 38.3 Å². The van der Waals surface area contributed by atoms with Gasteiger partial charge in [-0.1, -0.05) is 12.8 Å². The zero-order valence-electron chi connectivity index (χ0n) is 9.29. The van der Waals surface area contributed by atoms with Crippen molar-refractivity contribution in [2.75, 3.05) is 12.4 Å². The maximum Gasteiger partial charge on any atom is 0.0351 e. The molecule has 1 heterocycles. The van der Waals surface area contributed by atoms with Gasteiger partial charge in [-0.2, -0.15) is 0 Å². The molecule has 4 heteroatoms. The maximum absolute atomic E-state index is 5.90. The summed E-state index contributed by atoms with van der Waals surface area (Å²) in [5.74, 6) is 0.739. The van der Waals surface area contributed by atoms with E-state index in [1.807, 2.05) is 11.3 Å². The summed E-state index contributed by atoms with van der Waals surface area (Å²) >= 11 is 11.2. The summed E-state index contributed by atoms with van der Waals surface area (Å²) < 4.78 is 1.20. The predicted octanol–water partition coefficient (Wildman–Crippen LogP) is 4.49. The largest absolute Gasteiger partial charge is 0.294 e. The lowest BCUT2D eigenvalue weighted by molar-refractivity contribution is 0.203. The number of halogens is 2. The van der Waals surface area contributed by atoms with Crippen molar-refractivity contribution in [1.29, 1.82) is 0 Å². The van der Waals surface area contributed by atoms with Gasteiger partial charge in [-0.25, -0.2) is 0 Å². The summed E-state index contributed by atoms with van der Waals surface area (Å²) in [5.41, 5.74) is 0. The van der Waals surface area contributed by atoms with Crippen molar-refractivity contribution in [2.24, 2.45) is 0 Å². The molecule has 1 fully saturated rings. The summed E-state index contributed by atoms with van der Waals surface area (Å²) in [6.45, 7) is 2.08. The van der Waals surface area contributed by atoms with Gasteiger partial charge in [0.05, 0.1) is 0 Å². The second-order valence-corrected chi connectivity index (χ2v) is 6.62. The van der Waals surface area contributed by atoms with E-state index in [1.54, 1.807) is 0 Å². The number of rotatable bonds is 5. The van der Waals surface area contributed by atoms with Crippen molar-refractivity contribution in [3.63, 3.8) is 0 Å². The fourth-order valence-electron chi connectivity index (χ4n) is 2.41. The van der Waals surface area contributed by atoms with E-state index in [4.69, 9.17) is 11.6 Å². The lowest BCUT2D eigenvalue weighted by Crippen LogP contribution is -2.34. The molecule has 90 valence electrons. The fraction of sp³-hybridized carbons (Fsp3) is 0.667. The van der Waals surface area contributed by atoms with E-state index in [-0.39, 0.29) is 0 Å². The predicted molar refractivity (Wildman–Crippen MR) is 75.4 cm³/mol. The van der Waals surface area contributed by atoms with Crippen LogP contribution >= 0.6 is 38.9 Å². The van der Waals surface area contributed by atoms with Crippen LogP contribution in [0.4, 0.5) is 0 Å². The van der Waals surface area contributed by atoms with Crippen molar-refractivity contribution in [3.8, 4) is 0 Å². The van der Waals surface area contributed by atoms with Gasteiger partial charge >= 0.3 is 0 Å². The Morgan fingerprint density at radius 1 is 1.44 bits per heavy atom. The molecule has 1 aliphatic carbocycles. The van der Waals surface area contributed by atoms with E-state index < -0.39 is 0 Å². The van der Waals surface area contributed by atoms with Crippen LogP contribution in [0.2, 0.25) is 0 Å². The standard InChI is InChI=1S/C12H17BrClNS/c13-10-7-12(16-9-10)8-15(6-5-14)11-3-1-2-4-11/h7,9,11H,1-6,8H2. The summed E-state index contributed by atoms with van der Waals surface area (Å²) in [6, 6.07) is 2.99. The van der Waals surface area contributed by atoms with Crippen LogP contribution in [-0.2, 0) is 6.54 Å². The first kappa shape index (κ1) is 12.9. The molecule has 0 aliphatic heterocycles. The van der Waals surface area contributed by atoms with Crippen molar-refractivity contribution in [1.82, 2.24) is 4.90 Å². The first-order valence-electron chi connectivity index (χ1n) is 5.82. The van der Waals surface area contributed by atoms with E-state index in [1.165, 1.54) is 35.0 Å². The molecule has 0 unspecified atom stereocenters. The molecule has 2 rings (SSSR count). The van der Waals surface area contributed by atoms with Crippen LogP contribution in [0.5, 0.6) is 0 Å². The Bertz CT molecular complexity index is 323. The monoisotopic (exact) mass is 321 g/mol. The highest BCUT2D eigenvalue weighted by Crippen LogP contribution is 2.27. The molecule has 0 radical (unpaired) electrons. The Morgan fingerprint density at radius 3 is 2.75 bits per heavy atom. The van der Waals surface area contributed by atoms with E-state index in [0.29, 0.717) is 0 Å². The molecule has 1 aromatic heterocycles. The molecule has 16 heavy (non-hydrogen) atoms. The van der Waals surface area contributed by atoms with Gasteiger partial charge in [-0.05, 0) is 34.8 Å². The highest BCUT2D eigenvalue weighted by molar-refractivity contribution is 9.10. The lowest BCUT2D eigenvalue weighted by atomic mass is 10.2. The molecule has 0 atom stereocenters. The Balaban J connectivity index is 1.96. The zero-order chi connectivity index (χ0) is 11.4. The smallest absolute Gasteiger partial charge is 0.0351 e. The van der Waals surface area contributed by atoms with Crippen LogP contribution in [0, 0.1) is 0 Å². The first-order chi connectivity index (χ1) is 7.79. The molecule has 1 aliphatic rings. The average Bonchev–Trinajstić information content (AvgIpc) is 2.88. The van der Waals surface area contributed by atoms with Crippen LogP contribution in [-0.4, -0.2) is 23.4 Å². The number of thiophene rings is 1. The van der Waals surface area contributed by atoms with Crippen LogP contribution in [0.3, 0.4) is 0 Å². The molecule has 1 saturated carbocycles. The van der Waals surface area contributed by atoms with E-state index in [0.717, 1.165) is 25.0 Å². The Kier molecular flexibility index (Phi) is 5.14. The quantitative estimate of drug-likeness (QED) is 0.722. The summed E-state index contributed by atoms with van der Waals surface area (Å²) in [7, 11) is 0. The highest BCUT2D eigenvalue weighted by Gasteiger charge is 2.22. The van der Waals surface area contributed by atoms with Crippen molar-refractivity contribution in [3.05, 3.63) is 20.8 Å². The lowest BCUT2D eigenvalue weighted by Gasteiger charge is -2.27. The molecule has 0 spiro atoms. The van der Waals surface area contributed by atoms with Gasteiger partial charge in [0.2, 0.25) is 0 Å². The van der Waals surface area contributed by atoms with Gasteiger partial charge in [0.1, 0.15) is 0 Å². The number of hydrogen-bond donors (Lipinski definition) is 0. The van der Waals surface area contributed by atoms with Gasteiger partial charge in [0, 0.05) is 39.7 Å². The van der Waals surface area contributed by atoms with Gasteiger partial charge in [-0.3, -0.25) is 4.90 Å². The van der Waals surface area contributed by atoms with E-state index in [2.05, 4.69) is 32.3 Å². The number of alkyl halides is 1. The van der Waals surface area contributed by atoms with Crippen LogP contribution in [0.1, 0.15) is 30.6 Å². The van der Waals surface area contributed by atoms with E-state index >= 15 is 0 Å². The van der Waals surface area contributed by atoms with E-state index in [9.17, 15) is 0 Å². The van der Waals surface area contributed by atoms with Crippen LogP contribution < -0.4 is 0 Å². The molecular formula is C12H17BrClNS. The van der Waals surface area contributed by atoms with Crippen LogP contribution in [0.25, 0.3) is 0 Å². The topological polar surface area (TPSA) is 3.24 Å². The third-order valence-electron chi connectivity index (χ3n) is 3.19. The summed E-state index contributed by atoms with van der Waals surface area (Å²) in [4.78, 5) is 3.99. The summed E-state index contributed by atoms with van der Waals surface area (Å²) in [6.07, 6.45) is 5.47. The zero-order valence-corrected chi connectivity index (χ0v) is 12.5. The molecule has 0 N–H and O–H groups in total. The first-order valence-corrected chi connectivity index (χ1v) is 8.03. The minimum Gasteiger partial charge on any atom is -0.294 e. The third kappa shape index (κ3) is 3.46. The molecular weight excluding hydrogens is 306 g/mol. The molecule has 1 nitrogen and oxygen atoms in total. The number of hydrogen-bond acceptors (Lipinski definition) is 2. The van der Waals surface area contributed by atoms with Gasteiger partial charge < -0.3 is 0 Å². The van der Waals surface area contributed by atoms with Crippen molar-refractivity contribution >= 4 is 38.9 Å². The Labute approximate surface area is 115 Å². The molecule has 1 aromatic rings. The minimum atomic E-state index is 0.739. The SMILES string of the molecule is ClCCN(Cc1cc(Br)cs1)C1CCCC1. The Morgan fingerprint density at radius 2 is 2.19 bits per heavy atom. The maximum atomic E-state index is 5.90. The van der Waals surface area contributed by atoms with Gasteiger partial charge in [-0.15, -0.1) is 22.9 Å². The average molecular weight is 323 g/mol. The third-order valence-corrected chi connectivity index (χ3v) is 5.04. The molecule has 0 aromatic carbocycles. The Hall–Kier alpha value is 0.430. The molecule has 0 saturated heterocycles. The van der Waals surface area contributed by atoms with Crippen molar-refractivity contribution < 1.29 is 0 Å². The molecule has 0 bridgehead atoms. The second-order valence-electron chi connectivity index (χ2n) is 4.33. The van der Waals surface area contributed by atoms with Gasteiger partial charge in [0.25, 0.3) is 0 Å². The second kappa shape index (κ2) is 6.39. The normalized spacial score (nSPS) is 17.4. The number of nitrogens with zero attached hydrogens (tertiary/aromatic N) is 1. The minimum absolute atomic E-state index is 0.739. The molecule has 0 amide bonds. The van der Waals surface area contributed by atoms with Crippen LogP contribution in [0.15, 0.2) is 15.9 Å². The highest BCUT2D eigenvalue weighted by atomic mass is 79.9. The summed E-state index contributed by atoms with van der Waals surface area (Å²) in [5, 5.41) is 2.16.